The molecule has 0 atom stereocenters. The fourth-order valence-corrected chi connectivity index (χ4v) is 0.290. The number of rotatable bonds is 3. The number of amides is 1. The molecule has 0 aromatic carbocycles. The Kier molecular flexibility index (Phi) is 3.84. The Morgan fingerprint density at radius 1 is 1.75 bits per heavy atom. The molecule has 0 saturated heterocycles. The second-order valence-electron chi connectivity index (χ2n) is 1.41. The number of hydrogen-bond acceptors (Lipinski definition) is 2. The molecular weight excluding hydrogens is 106 g/mol. The number of nitrogens with one attached hydrogen (secondary N) is 1. The van der Waals surface area contributed by atoms with E-state index in [1.165, 1.54) is 0 Å². The van der Waals surface area contributed by atoms with Gasteiger partial charge in [0.05, 0.1) is 0 Å². The molecule has 0 fully saturated rings. The van der Waals surface area contributed by atoms with Crippen LogP contribution in [0.3, 0.4) is 0 Å². The molecule has 0 aliphatic heterocycles. The van der Waals surface area contributed by atoms with Crippen molar-refractivity contribution in [1.82, 2.24) is 5.32 Å². The molecule has 0 spiro atoms. The average Bonchev–Trinajstić information content (AvgIpc) is 1.83. The Hall–Kier alpha value is -0.860. The number of carbonyl (C=O) groups is 2. The van der Waals surface area contributed by atoms with Gasteiger partial charge >= 0.3 is 0 Å². The fourth-order valence-electron chi connectivity index (χ4n) is 0.290. The SMILES string of the molecule is CCCNC(=O)C=O. The minimum Gasteiger partial charge on any atom is -0.350 e. The van der Waals surface area contributed by atoms with Crippen molar-refractivity contribution in [1.29, 1.82) is 0 Å². The highest BCUT2D eigenvalue weighted by atomic mass is 16.2. The lowest BCUT2D eigenvalue weighted by Gasteiger charge is -1.92. The van der Waals surface area contributed by atoms with Gasteiger partial charge in [-0.2, -0.15) is 0 Å². The summed E-state index contributed by atoms with van der Waals surface area (Å²) in [6.45, 7) is 2.50. The Balaban J connectivity index is 3.11. The van der Waals surface area contributed by atoms with Crippen LogP contribution in [0, 0.1) is 0 Å². The lowest BCUT2D eigenvalue weighted by Crippen LogP contribution is -2.24. The highest BCUT2D eigenvalue weighted by Crippen LogP contribution is 1.66. The Labute approximate surface area is 48.1 Å². The normalized spacial score (nSPS) is 8.12. The number of hydrogen-bond donors (Lipinski definition) is 1. The summed E-state index contributed by atoms with van der Waals surface area (Å²) < 4.78 is 0. The van der Waals surface area contributed by atoms with Crippen LogP contribution in [-0.4, -0.2) is 18.7 Å². The van der Waals surface area contributed by atoms with E-state index < -0.39 is 5.91 Å². The van der Waals surface area contributed by atoms with Crippen LogP contribution in [0.15, 0.2) is 0 Å². The standard InChI is InChI=1S/C5H9NO2/c1-2-3-6-5(8)4-7/h4H,2-3H2,1H3,(H,6,8). The van der Waals surface area contributed by atoms with Gasteiger partial charge in [0.2, 0.25) is 6.29 Å². The quantitative estimate of drug-likeness (QED) is 0.406. The van der Waals surface area contributed by atoms with Crippen LogP contribution in [0.25, 0.3) is 0 Å². The summed E-state index contributed by atoms with van der Waals surface area (Å²) in [5.41, 5.74) is 0. The lowest BCUT2D eigenvalue weighted by molar-refractivity contribution is -0.131. The summed E-state index contributed by atoms with van der Waals surface area (Å²) >= 11 is 0. The Bertz CT molecular complexity index is 90.4. The Morgan fingerprint density at radius 3 is 2.75 bits per heavy atom. The van der Waals surface area contributed by atoms with Crippen molar-refractivity contribution >= 4 is 12.2 Å². The molecular formula is C5H9NO2. The molecule has 0 radical (unpaired) electrons. The highest BCUT2D eigenvalue weighted by Gasteiger charge is 1.91. The van der Waals surface area contributed by atoms with E-state index in [-0.39, 0.29) is 6.29 Å². The first-order chi connectivity index (χ1) is 3.81. The molecule has 1 amide bonds. The van der Waals surface area contributed by atoms with Crippen molar-refractivity contribution in [2.45, 2.75) is 13.3 Å². The topological polar surface area (TPSA) is 46.2 Å². The van der Waals surface area contributed by atoms with Gasteiger partial charge in [-0.15, -0.1) is 0 Å². The first kappa shape index (κ1) is 7.14. The van der Waals surface area contributed by atoms with Crippen LogP contribution in [0.2, 0.25) is 0 Å². The number of carbonyl (C=O) groups excluding carboxylic acids is 2. The third kappa shape index (κ3) is 3.33. The summed E-state index contributed by atoms with van der Waals surface area (Å²) in [6.07, 6.45) is 1.13. The van der Waals surface area contributed by atoms with Crippen LogP contribution in [0.4, 0.5) is 0 Å². The molecule has 0 aliphatic rings. The van der Waals surface area contributed by atoms with Crippen LogP contribution in [-0.2, 0) is 9.59 Å². The maximum atomic E-state index is 10.1. The van der Waals surface area contributed by atoms with E-state index in [2.05, 4.69) is 5.32 Å². The first-order valence-electron chi connectivity index (χ1n) is 2.54. The van der Waals surface area contributed by atoms with Gasteiger partial charge < -0.3 is 5.32 Å². The summed E-state index contributed by atoms with van der Waals surface area (Å²) in [7, 11) is 0. The van der Waals surface area contributed by atoms with Crippen molar-refractivity contribution in [3.8, 4) is 0 Å². The zero-order valence-electron chi connectivity index (χ0n) is 4.81. The van der Waals surface area contributed by atoms with Crippen molar-refractivity contribution in [3.05, 3.63) is 0 Å². The molecule has 46 valence electrons. The molecule has 0 saturated carbocycles. The number of aldehydes is 1. The minimum atomic E-state index is -0.535. The maximum absolute atomic E-state index is 10.1. The largest absolute Gasteiger partial charge is 0.350 e. The van der Waals surface area contributed by atoms with Gasteiger partial charge in [0.15, 0.2) is 0 Å². The van der Waals surface area contributed by atoms with Gasteiger partial charge in [-0.25, -0.2) is 0 Å². The first-order valence-corrected chi connectivity index (χ1v) is 2.54. The zero-order chi connectivity index (χ0) is 6.41. The van der Waals surface area contributed by atoms with E-state index in [0.29, 0.717) is 6.54 Å². The third-order valence-corrected chi connectivity index (χ3v) is 0.656. The van der Waals surface area contributed by atoms with Crippen molar-refractivity contribution in [3.63, 3.8) is 0 Å². The molecule has 0 aromatic heterocycles. The summed E-state index contributed by atoms with van der Waals surface area (Å²) in [5.74, 6) is -0.535. The molecule has 0 rings (SSSR count). The monoisotopic (exact) mass is 115 g/mol. The molecule has 0 bridgehead atoms. The van der Waals surface area contributed by atoms with Crippen LogP contribution in [0.5, 0.6) is 0 Å². The second-order valence-corrected chi connectivity index (χ2v) is 1.41. The van der Waals surface area contributed by atoms with Crippen LogP contribution < -0.4 is 5.32 Å². The van der Waals surface area contributed by atoms with Gasteiger partial charge in [0.1, 0.15) is 0 Å². The smallest absolute Gasteiger partial charge is 0.284 e. The van der Waals surface area contributed by atoms with Gasteiger partial charge in [-0.1, -0.05) is 6.92 Å². The fraction of sp³-hybridized carbons (Fsp3) is 0.600. The van der Waals surface area contributed by atoms with E-state index in [1.54, 1.807) is 0 Å². The Morgan fingerprint density at radius 2 is 2.38 bits per heavy atom. The highest BCUT2D eigenvalue weighted by molar-refractivity contribution is 6.23. The van der Waals surface area contributed by atoms with Gasteiger partial charge in [0, 0.05) is 6.54 Å². The average molecular weight is 115 g/mol. The van der Waals surface area contributed by atoms with Gasteiger partial charge in [-0.3, -0.25) is 9.59 Å². The molecule has 0 unspecified atom stereocenters. The minimum absolute atomic E-state index is 0.273. The van der Waals surface area contributed by atoms with E-state index in [9.17, 15) is 9.59 Å². The predicted molar refractivity (Wildman–Crippen MR) is 29.4 cm³/mol. The molecule has 3 nitrogen and oxygen atoms in total. The van der Waals surface area contributed by atoms with E-state index in [1.807, 2.05) is 6.92 Å². The maximum Gasteiger partial charge on any atom is 0.284 e. The van der Waals surface area contributed by atoms with Crippen molar-refractivity contribution in [2.75, 3.05) is 6.54 Å². The zero-order valence-corrected chi connectivity index (χ0v) is 4.81. The van der Waals surface area contributed by atoms with Crippen molar-refractivity contribution in [2.24, 2.45) is 0 Å². The summed E-state index contributed by atoms with van der Waals surface area (Å²) in [4.78, 5) is 19.7. The molecule has 0 heterocycles. The second kappa shape index (κ2) is 4.30. The van der Waals surface area contributed by atoms with Gasteiger partial charge in [0.25, 0.3) is 5.91 Å². The summed E-state index contributed by atoms with van der Waals surface area (Å²) in [6, 6.07) is 0. The van der Waals surface area contributed by atoms with Gasteiger partial charge in [-0.05, 0) is 6.42 Å². The van der Waals surface area contributed by atoms with Crippen LogP contribution >= 0.6 is 0 Å². The molecule has 0 aromatic rings. The molecule has 0 aliphatic carbocycles. The van der Waals surface area contributed by atoms with E-state index in [0.717, 1.165) is 6.42 Å². The lowest BCUT2D eigenvalue weighted by atomic mass is 10.5. The molecule has 3 heteroatoms. The van der Waals surface area contributed by atoms with E-state index >= 15 is 0 Å². The van der Waals surface area contributed by atoms with E-state index in [4.69, 9.17) is 0 Å². The molecule has 8 heavy (non-hydrogen) atoms. The molecule has 1 N–H and O–H groups in total. The summed E-state index contributed by atoms with van der Waals surface area (Å²) in [5, 5.41) is 2.38. The predicted octanol–water partition coefficient (Wildman–Crippen LogP) is -0.289. The van der Waals surface area contributed by atoms with Crippen LogP contribution in [0.1, 0.15) is 13.3 Å². The third-order valence-electron chi connectivity index (χ3n) is 0.656. The van der Waals surface area contributed by atoms with Crippen molar-refractivity contribution < 1.29 is 9.59 Å².